The number of carbonyl (C=O) groups excluding carboxylic acids is 2. The van der Waals surface area contributed by atoms with Crippen molar-refractivity contribution in [1.29, 1.82) is 0 Å². The Balaban J connectivity index is 4.53. The highest BCUT2D eigenvalue weighted by Crippen LogP contribution is 2.07. The highest BCUT2D eigenvalue weighted by molar-refractivity contribution is 5.87. The van der Waals surface area contributed by atoms with Gasteiger partial charge in [0.25, 0.3) is 0 Å². The van der Waals surface area contributed by atoms with Gasteiger partial charge in [-0.3, -0.25) is 9.59 Å². The van der Waals surface area contributed by atoms with E-state index in [0.29, 0.717) is 6.42 Å². The molecule has 0 rings (SSSR count). The van der Waals surface area contributed by atoms with Crippen LogP contribution in [-0.2, 0) is 14.3 Å². The van der Waals surface area contributed by atoms with Gasteiger partial charge in [-0.1, -0.05) is 6.92 Å². The van der Waals surface area contributed by atoms with Crippen LogP contribution in [0.15, 0.2) is 0 Å². The van der Waals surface area contributed by atoms with E-state index >= 15 is 0 Å². The van der Waals surface area contributed by atoms with E-state index in [4.69, 9.17) is 9.84 Å². The molecule has 0 saturated heterocycles. The Kier molecular flexibility index (Phi) is 6.31. The SMILES string of the molecule is CCC(NC(=O)OC(C)(C)C)C(=O)N(C)CC(=O)O. The van der Waals surface area contributed by atoms with Crippen molar-refractivity contribution in [3.05, 3.63) is 0 Å². The van der Waals surface area contributed by atoms with Crippen LogP contribution in [0.2, 0.25) is 0 Å². The zero-order chi connectivity index (χ0) is 15.2. The molecule has 0 saturated carbocycles. The molecule has 0 heterocycles. The molecule has 7 nitrogen and oxygen atoms in total. The minimum absolute atomic E-state index is 0.349. The summed E-state index contributed by atoms with van der Waals surface area (Å²) in [5.41, 5.74) is -0.654. The van der Waals surface area contributed by atoms with Gasteiger partial charge in [-0.15, -0.1) is 0 Å². The Morgan fingerprint density at radius 2 is 1.84 bits per heavy atom. The Morgan fingerprint density at radius 3 is 2.21 bits per heavy atom. The summed E-state index contributed by atoms with van der Waals surface area (Å²) < 4.78 is 5.04. The Hall–Kier alpha value is -1.79. The number of hydrogen-bond donors (Lipinski definition) is 2. The molecule has 2 amide bonds. The van der Waals surface area contributed by atoms with Crippen molar-refractivity contribution in [2.45, 2.75) is 45.8 Å². The van der Waals surface area contributed by atoms with Crippen molar-refractivity contribution in [3.8, 4) is 0 Å². The zero-order valence-electron chi connectivity index (χ0n) is 12.0. The molecule has 0 aliphatic carbocycles. The summed E-state index contributed by atoms with van der Waals surface area (Å²) in [6.07, 6.45) is -0.349. The maximum absolute atomic E-state index is 11.9. The predicted octanol–water partition coefficient (Wildman–Crippen LogP) is 0.833. The summed E-state index contributed by atoms with van der Waals surface area (Å²) in [6.45, 7) is 6.45. The molecule has 19 heavy (non-hydrogen) atoms. The standard InChI is InChI=1S/C12H22N2O5/c1-6-8(10(17)14(5)7-9(15)16)13-11(18)19-12(2,3)4/h8H,6-7H2,1-5H3,(H,13,18)(H,15,16). The van der Waals surface area contributed by atoms with Crippen molar-refractivity contribution < 1.29 is 24.2 Å². The number of rotatable bonds is 5. The molecule has 1 unspecified atom stereocenters. The normalized spacial score (nSPS) is 12.5. The molecular weight excluding hydrogens is 252 g/mol. The van der Waals surface area contributed by atoms with E-state index in [1.807, 2.05) is 0 Å². The number of carbonyl (C=O) groups is 3. The molecule has 0 aromatic heterocycles. The van der Waals surface area contributed by atoms with E-state index in [1.54, 1.807) is 27.7 Å². The highest BCUT2D eigenvalue weighted by Gasteiger charge is 2.25. The second kappa shape index (κ2) is 6.96. The van der Waals surface area contributed by atoms with Gasteiger partial charge in [-0.25, -0.2) is 4.79 Å². The number of carboxylic acids is 1. The van der Waals surface area contributed by atoms with Crippen molar-refractivity contribution in [1.82, 2.24) is 10.2 Å². The topological polar surface area (TPSA) is 95.9 Å². The number of ether oxygens (including phenoxy) is 1. The fourth-order valence-corrected chi connectivity index (χ4v) is 1.34. The van der Waals surface area contributed by atoms with Gasteiger partial charge >= 0.3 is 12.1 Å². The van der Waals surface area contributed by atoms with Gasteiger partial charge < -0.3 is 20.1 Å². The molecule has 1 atom stereocenters. The average Bonchev–Trinajstić information content (AvgIpc) is 2.21. The summed E-state index contributed by atoms with van der Waals surface area (Å²) in [7, 11) is 1.37. The molecular formula is C12H22N2O5. The first kappa shape index (κ1) is 17.2. The number of nitrogens with one attached hydrogen (secondary N) is 1. The lowest BCUT2D eigenvalue weighted by Crippen LogP contribution is -2.49. The monoisotopic (exact) mass is 274 g/mol. The largest absolute Gasteiger partial charge is 0.480 e. The van der Waals surface area contributed by atoms with Gasteiger partial charge in [0, 0.05) is 7.05 Å². The van der Waals surface area contributed by atoms with Crippen LogP contribution in [0.3, 0.4) is 0 Å². The van der Waals surface area contributed by atoms with Crippen LogP contribution < -0.4 is 5.32 Å². The fraction of sp³-hybridized carbons (Fsp3) is 0.750. The average molecular weight is 274 g/mol. The molecule has 0 aliphatic rings. The predicted molar refractivity (Wildman–Crippen MR) is 68.7 cm³/mol. The lowest BCUT2D eigenvalue weighted by molar-refractivity contribution is -0.144. The van der Waals surface area contributed by atoms with Crippen LogP contribution in [0.4, 0.5) is 4.79 Å². The van der Waals surface area contributed by atoms with Crippen LogP contribution in [0.25, 0.3) is 0 Å². The first-order chi connectivity index (χ1) is 8.56. The summed E-state index contributed by atoms with van der Waals surface area (Å²) in [4.78, 5) is 35.0. The van der Waals surface area contributed by atoms with Gasteiger partial charge in [-0.2, -0.15) is 0 Å². The quantitative estimate of drug-likeness (QED) is 0.774. The van der Waals surface area contributed by atoms with E-state index in [-0.39, 0.29) is 0 Å². The Morgan fingerprint density at radius 1 is 1.32 bits per heavy atom. The van der Waals surface area contributed by atoms with Crippen molar-refractivity contribution >= 4 is 18.0 Å². The molecule has 0 fully saturated rings. The number of alkyl carbamates (subject to hydrolysis) is 1. The van der Waals surface area contributed by atoms with Gasteiger partial charge in [-0.05, 0) is 27.2 Å². The smallest absolute Gasteiger partial charge is 0.408 e. The first-order valence-corrected chi connectivity index (χ1v) is 6.03. The van der Waals surface area contributed by atoms with Gasteiger partial charge in [0.05, 0.1) is 0 Å². The minimum Gasteiger partial charge on any atom is -0.480 e. The number of aliphatic carboxylic acids is 1. The summed E-state index contributed by atoms with van der Waals surface area (Å²) in [6, 6.07) is -0.792. The number of amides is 2. The maximum Gasteiger partial charge on any atom is 0.408 e. The molecule has 0 spiro atoms. The lowest BCUT2D eigenvalue weighted by Gasteiger charge is -2.25. The van der Waals surface area contributed by atoms with Crippen LogP contribution >= 0.6 is 0 Å². The zero-order valence-corrected chi connectivity index (χ0v) is 12.0. The van der Waals surface area contributed by atoms with E-state index in [1.165, 1.54) is 7.05 Å². The summed E-state index contributed by atoms with van der Waals surface area (Å²) in [5, 5.41) is 11.0. The molecule has 2 N–H and O–H groups in total. The van der Waals surface area contributed by atoms with E-state index in [9.17, 15) is 14.4 Å². The number of likely N-dealkylation sites (N-methyl/N-ethyl adjacent to an activating group) is 1. The molecule has 7 heteroatoms. The molecule has 0 aromatic carbocycles. The number of carboxylic acid groups (broad SMARTS) is 1. The fourth-order valence-electron chi connectivity index (χ4n) is 1.34. The third-order valence-corrected chi connectivity index (χ3v) is 2.15. The van der Waals surface area contributed by atoms with Gasteiger partial charge in [0.2, 0.25) is 5.91 Å². The van der Waals surface area contributed by atoms with E-state index in [0.717, 1.165) is 4.90 Å². The number of nitrogens with zero attached hydrogens (tertiary/aromatic N) is 1. The second-order valence-corrected chi connectivity index (χ2v) is 5.20. The van der Waals surface area contributed by atoms with Gasteiger partial charge in [0.15, 0.2) is 0 Å². The highest BCUT2D eigenvalue weighted by atomic mass is 16.6. The Labute approximate surface area is 112 Å². The summed E-state index contributed by atoms with van der Waals surface area (Å²) >= 11 is 0. The number of hydrogen-bond acceptors (Lipinski definition) is 4. The molecule has 0 aromatic rings. The molecule has 0 bridgehead atoms. The summed E-state index contributed by atoms with van der Waals surface area (Å²) in [5.74, 6) is -1.57. The first-order valence-electron chi connectivity index (χ1n) is 6.03. The third-order valence-electron chi connectivity index (χ3n) is 2.15. The van der Waals surface area contributed by atoms with Crippen molar-refractivity contribution in [3.63, 3.8) is 0 Å². The molecule has 0 aliphatic heterocycles. The van der Waals surface area contributed by atoms with Crippen LogP contribution in [-0.4, -0.2) is 53.2 Å². The molecule has 0 radical (unpaired) electrons. The third kappa shape index (κ3) is 7.28. The lowest BCUT2D eigenvalue weighted by atomic mass is 10.2. The van der Waals surface area contributed by atoms with Crippen LogP contribution in [0, 0.1) is 0 Å². The van der Waals surface area contributed by atoms with Crippen LogP contribution in [0.1, 0.15) is 34.1 Å². The second-order valence-electron chi connectivity index (χ2n) is 5.20. The van der Waals surface area contributed by atoms with Crippen LogP contribution in [0.5, 0.6) is 0 Å². The Bertz CT molecular complexity index is 349. The van der Waals surface area contributed by atoms with Gasteiger partial charge in [0.1, 0.15) is 18.2 Å². The van der Waals surface area contributed by atoms with Crippen molar-refractivity contribution in [2.75, 3.05) is 13.6 Å². The van der Waals surface area contributed by atoms with E-state index < -0.39 is 36.2 Å². The minimum atomic E-state index is -1.11. The maximum atomic E-state index is 11.9. The van der Waals surface area contributed by atoms with E-state index in [2.05, 4.69) is 5.32 Å². The van der Waals surface area contributed by atoms with Crippen molar-refractivity contribution in [2.24, 2.45) is 0 Å². The molecule has 110 valence electrons.